The van der Waals surface area contributed by atoms with Crippen LogP contribution in [-0.4, -0.2) is 77.2 Å². The first-order chi connectivity index (χ1) is 14.2. The molecule has 0 aliphatic carbocycles. The fourth-order valence-electron chi connectivity index (χ4n) is 2.92. The highest BCUT2D eigenvalue weighted by atomic mass is 32.1. The number of aromatic nitrogens is 2. The second kappa shape index (κ2) is 11.6. The van der Waals surface area contributed by atoms with Crippen LogP contribution in [0.5, 0.6) is 0 Å². The maximum Gasteiger partial charge on any atom is 0.472 e. The van der Waals surface area contributed by atoms with Crippen LogP contribution in [0.2, 0.25) is 0 Å². The molecule has 0 saturated carbocycles. The zero-order valence-corrected chi connectivity index (χ0v) is 18.5. The lowest BCUT2D eigenvalue weighted by molar-refractivity contribution is -0.0631. The standard InChI is InChI=1S/C16H28N3O9PS/c1-24-10(4-3-7-30)8-26-29(22,23)27-9-11-13(20)14(25-2)15(28-11)19-6-5-12(17)18-16(19)21/h5-6,10-11,13-15,20,30H,3-4,7-9H2,1-2H3,(H,22,23)(H2,17,18,21)/t10?,11-,13-,14-,15-/m1/s1. The quantitative estimate of drug-likeness (QED) is 0.240. The number of nitrogen functional groups attached to an aromatic ring is 1. The van der Waals surface area contributed by atoms with Gasteiger partial charge in [-0.25, -0.2) is 9.36 Å². The molecule has 30 heavy (non-hydrogen) atoms. The van der Waals surface area contributed by atoms with Crippen molar-refractivity contribution in [3.8, 4) is 0 Å². The van der Waals surface area contributed by atoms with Gasteiger partial charge in [0, 0.05) is 20.4 Å². The van der Waals surface area contributed by atoms with Crippen LogP contribution in [0.3, 0.4) is 0 Å². The lowest BCUT2D eigenvalue weighted by Crippen LogP contribution is -2.37. The molecule has 2 unspecified atom stereocenters. The molecule has 1 fully saturated rings. The Labute approximate surface area is 179 Å². The number of nitrogens with zero attached hydrogens (tertiary/aromatic N) is 2. The molecule has 1 aliphatic heterocycles. The zero-order chi connectivity index (χ0) is 22.3. The van der Waals surface area contributed by atoms with Gasteiger partial charge in [0.25, 0.3) is 0 Å². The number of phosphoric ester groups is 1. The highest BCUT2D eigenvalue weighted by molar-refractivity contribution is 7.80. The van der Waals surface area contributed by atoms with E-state index in [1.54, 1.807) is 0 Å². The van der Waals surface area contributed by atoms with Crippen molar-refractivity contribution in [2.45, 2.75) is 43.5 Å². The molecule has 1 aromatic rings. The van der Waals surface area contributed by atoms with Crippen LogP contribution >= 0.6 is 20.5 Å². The highest BCUT2D eigenvalue weighted by Crippen LogP contribution is 2.44. The molecule has 1 saturated heterocycles. The average molecular weight is 469 g/mol. The fraction of sp³-hybridized carbons (Fsp3) is 0.750. The van der Waals surface area contributed by atoms with Gasteiger partial charge in [0.05, 0.1) is 19.3 Å². The minimum atomic E-state index is -4.44. The second-order valence-electron chi connectivity index (χ2n) is 6.58. The lowest BCUT2D eigenvalue weighted by atomic mass is 10.1. The summed E-state index contributed by atoms with van der Waals surface area (Å²) in [6, 6.07) is 1.39. The molecular formula is C16H28N3O9PS. The van der Waals surface area contributed by atoms with Gasteiger partial charge in [0.2, 0.25) is 0 Å². The summed E-state index contributed by atoms with van der Waals surface area (Å²) in [5.41, 5.74) is 4.78. The van der Waals surface area contributed by atoms with Crippen molar-refractivity contribution in [1.82, 2.24) is 9.55 Å². The van der Waals surface area contributed by atoms with E-state index in [1.807, 2.05) is 0 Å². The third-order valence-electron chi connectivity index (χ3n) is 4.55. The average Bonchev–Trinajstić information content (AvgIpc) is 3.02. The minimum Gasteiger partial charge on any atom is -0.387 e. The van der Waals surface area contributed by atoms with E-state index < -0.39 is 44.7 Å². The number of hydrogen-bond donors (Lipinski definition) is 4. The SMILES string of the molecule is COC(CCCS)COP(=O)(O)OC[C@H]1O[C@@H](n2ccc(N)nc2=O)[C@H](OC)[C@@H]1O. The van der Waals surface area contributed by atoms with Gasteiger partial charge >= 0.3 is 13.5 Å². The van der Waals surface area contributed by atoms with Crippen LogP contribution in [0.25, 0.3) is 0 Å². The molecule has 0 aromatic carbocycles. The number of aliphatic hydroxyl groups is 1. The Bertz CT molecular complexity index is 783. The normalized spacial score (nSPS) is 27.1. The Morgan fingerprint density at radius 1 is 1.43 bits per heavy atom. The molecule has 0 spiro atoms. The van der Waals surface area contributed by atoms with Gasteiger partial charge in [-0.05, 0) is 24.7 Å². The number of phosphoric acid groups is 1. The number of aliphatic hydroxyl groups excluding tert-OH is 1. The Morgan fingerprint density at radius 3 is 2.77 bits per heavy atom. The van der Waals surface area contributed by atoms with Crippen molar-refractivity contribution in [3.05, 3.63) is 22.7 Å². The van der Waals surface area contributed by atoms with E-state index >= 15 is 0 Å². The topological polar surface area (TPSA) is 165 Å². The lowest BCUT2D eigenvalue weighted by Gasteiger charge is -2.20. The first kappa shape index (κ1) is 25.2. The Kier molecular flexibility index (Phi) is 9.72. The summed E-state index contributed by atoms with van der Waals surface area (Å²) < 4.78 is 39.2. The van der Waals surface area contributed by atoms with Gasteiger partial charge < -0.3 is 29.9 Å². The van der Waals surface area contributed by atoms with E-state index in [0.717, 1.165) is 11.0 Å². The molecule has 6 atom stereocenters. The van der Waals surface area contributed by atoms with E-state index in [9.17, 15) is 19.4 Å². The van der Waals surface area contributed by atoms with Crippen molar-refractivity contribution in [3.63, 3.8) is 0 Å². The summed E-state index contributed by atoms with van der Waals surface area (Å²) in [5.74, 6) is 0.684. The number of hydrogen-bond acceptors (Lipinski definition) is 11. The third-order valence-corrected chi connectivity index (χ3v) is 5.82. The summed E-state index contributed by atoms with van der Waals surface area (Å²) in [5, 5.41) is 10.4. The van der Waals surface area contributed by atoms with Crippen molar-refractivity contribution in [2.24, 2.45) is 0 Å². The largest absolute Gasteiger partial charge is 0.472 e. The first-order valence-corrected chi connectivity index (χ1v) is 11.3. The summed E-state index contributed by atoms with van der Waals surface area (Å²) in [7, 11) is -1.63. The first-order valence-electron chi connectivity index (χ1n) is 9.19. The van der Waals surface area contributed by atoms with E-state index in [1.165, 1.54) is 26.5 Å². The smallest absolute Gasteiger partial charge is 0.387 e. The van der Waals surface area contributed by atoms with Crippen LogP contribution < -0.4 is 11.4 Å². The number of nitrogens with two attached hydrogens (primary N) is 1. The summed E-state index contributed by atoms with van der Waals surface area (Å²) in [6.45, 7) is -0.626. The van der Waals surface area contributed by atoms with E-state index in [2.05, 4.69) is 17.6 Å². The van der Waals surface area contributed by atoms with Crippen molar-refractivity contribution in [1.29, 1.82) is 0 Å². The molecule has 4 N–H and O–H groups in total. The summed E-state index contributed by atoms with van der Waals surface area (Å²) >= 11 is 4.11. The molecule has 0 amide bonds. The number of rotatable bonds is 12. The predicted molar refractivity (Wildman–Crippen MR) is 109 cm³/mol. The van der Waals surface area contributed by atoms with Gasteiger partial charge in [-0.3, -0.25) is 13.6 Å². The van der Waals surface area contributed by atoms with Crippen molar-refractivity contribution in [2.75, 3.05) is 38.9 Å². The number of methoxy groups -OCH3 is 2. The third kappa shape index (κ3) is 6.74. The fourth-order valence-corrected chi connectivity index (χ4v) is 3.87. The van der Waals surface area contributed by atoms with Crippen LogP contribution in [-0.2, 0) is 27.8 Å². The molecular weight excluding hydrogens is 441 g/mol. The van der Waals surface area contributed by atoms with Crippen LogP contribution in [0, 0.1) is 0 Å². The highest BCUT2D eigenvalue weighted by Gasteiger charge is 2.46. The molecule has 14 heteroatoms. The molecule has 172 valence electrons. The Morgan fingerprint density at radius 2 is 2.17 bits per heavy atom. The molecule has 2 rings (SSSR count). The monoisotopic (exact) mass is 469 g/mol. The molecule has 1 aliphatic rings. The van der Waals surface area contributed by atoms with E-state index in [4.69, 9.17) is 29.0 Å². The van der Waals surface area contributed by atoms with Gasteiger partial charge in [-0.15, -0.1) is 0 Å². The van der Waals surface area contributed by atoms with Crippen molar-refractivity contribution >= 4 is 26.3 Å². The molecule has 0 radical (unpaired) electrons. The molecule has 2 heterocycles. The Balaban J connectivity index is 1.97. The van der Waals surface area contributed by atoms with E-state index in [0.29, 0.717) is 12.2 Å². The Hall–Kier alpha value is -1.02. The molecule has 1 aromatic heterocycles. The number of ether oxygens (including phenoxy) is 3. The van der Waals surface area contributed by atoms with Crippen LogP contribution in [0.1, 0.15) is 19.1 Å². The van der Waals surface area contributed by atoms with Crippen LogP contribution in [0.4, 0.5) is 5.82 Å². The van der Waals surface area contributed by atoms with Gasteiger partial charge in [-0.1, -0.05) is 0 Å². The molecule has 12 nitrogen and oxygen atoms in total. The summed E-state index contributed by atoms with van der Waals surface area (Å²) in [6.07, 6.45) is -1.96. The van der Waals surface area contributed by atoms with E-state index in [-0.39, 0.29) is 18.5 Å². The van der Waals surface area contributed by atoms with Crippen LogP contribution in [0.15, 0.2) is 17.1 Å². The minimum absolute atomic E-state index is 0.0331. The number of anilines is 1. The van der Waals surface area contributed by atoms with Gasteiger partial charge in [0.15, 0.2) is 6.23 Å². The maximum absolute atomic E-state index is 12.2. The molecule has 0 bridgehead atoms. The second-order valence-corrected chi connectivity index (χ2v) is 8.48. The van der Waals surface area contributed by atoms with Gasteiger partial charge in [-0.2, -0.15) is 17.6 Å². The summed E-state index contributed by atoms with van der Waals surface area (Å²) in [4.78, 5) is 25.6. The van der Waals surface area contributed by atoms with Crippen molar-refractivity contribution < 1.29 is 37.8 Å². The van der Waals surface area contributed by atoms with Gasteiger partial charge in [0.1, 0.15) is 24.1 Å². The zero-order valence-electron chi connectivity index (χ0n) is 16.7. The predicted octanol–water partition coefficient (Wildman–Crippen LogP) is -0.0426. The number of thiol groups is 1. The maximum atomic E-state index is 12.2.